The molecule has 0 spiro atoms. The summed E-state index contributed by atoms with van der Waals surface area (Å²) in [6.45, 7) is 6.16. The molecule has 0 bridgehead atoms. The van der Waals surface area contributed by atoms with Crippen LogP contribution in [0.25, 0.3) is 0 Å². The second-order valence-corrected chi connectivity index (χ2v) is 7.58. The maximum Gasteiger partial charge on any atom is 0.150 e. The van der Waals surface area contributed by atoms with Gasteiger partial charge in [0, 0.05) is 11.8 Å². The van der Waals surface area contributed by atoms with Crippen LogP contribution in [-0.2, 0) is 9.84 Å². The van der Waals surface area contributed by atoms with Crippen molar-refractivity contribution in [3.05, 3.63) is 0 Å². The molecule has 110 valence electrons. The first kappa shape index (κ1) is 17.9. The lowest BCUT2D eigenvalue weighted by molar-refractivity contribution is 0.308. The second kappa shape index (κ2) is 9.79. The molecule has 4 heteroatoms. The summed E-state index contributed by atoms with van der Waals surface area (Å²) in [7, 11) is -0.804. The quantitative estimate of drug-likeness (QED) is 0.631. The maximum absolute atomic E-state index is 11.5. The van der Waals surface area contributed by atoms with Gasteiger partial charge in [-0.05, 0) is 38.6 Å². The van der Waals surface area contributed by atoms with Crippen LogP contribution in [0.5, 0.6) is 0 Å². The Morgan fingerprint density at radius 3 is 1.94 bits per heavy atom. The van der Waals surface area contributed by atoms with E-state index in [9.17, 15) is 8.42 Å². The van der Waals surface area contributed by atoms with Crippen LogP contribution in [-0.4, -0.2) is 33.0 Å². The normalized spacial score (nSPS) is 14.1. The van der Waals surface area contributed by atoms with Crippen molar-refractivity contribution in [2.75, 3.05) is 18.6 Å². The lowest BCUT2D eigenvalue weighted by atomic mass is 9.88. The SMILES string of the molecule is CCCC(CCC)C(CCCS(=O)(=O)CC)NC. The van der Waals surface area contributed by atoms with E-state index in [1.54, 1.807) is 6.92 Å². The standard InChI is InChI=1S/C14H31NO2S/c1-5-9-13(10-6-2)14(15-4)11-8-12-18(16,17)7-3/h13-15H,5-12H2,1-4H3. The summed E-state index contributed by atoms with van der Waals surface area (Å²) in [5.74, 6) is 1.30. The van der Waals surface area contributed by atoms with Crippen molar-refractivity contribution in [3.8, 4) is 0 Å². The zero-order valence-corrected chi connectivity index (χ0v) is 13.4. The Morgan fingerprint density at radius 1 is 1.00 bits per heavy atom. The Kier molecular flexibility index (Phi) is 9.74. The molecule has 1 N–H and O–H groups in total. The molecule has 0 aromatic carbocycles. The molecule has 0 aliphatic heterocycles. The predicted molar refractivity (Wildman–Crippen MR) is 79.7 cm³/mol. The smallest absolute Gasteiger partial charge is 0.150 e. The van der Waals surface area contributed by atoms with Crippen LogP contribution < -0.4 is 5.32 Å². The van der Waals surface area contributed by atoms with Crippen molar-refractivity contribution in [1.29, 1.82) is 0 Å². The van der Waals surface area contributed by atoms with Crippen LogP contribution in [0.3, 0.4) is 0 Å². The molecule has 0 aliphatic rings. The summed E-state index contributed by atoms with van der Waals surface area (Å²) in [4.78, 5) is 0. The van der Waals surface area contributed by atoms with Crippen LogP contribution in [0.1, 0.15) is 59.3 Å². The third-order valence-corrected chi connectivity index (χ3v) is 5.46. The summed E-state index contributed by atoms with van der Waals surface area (Å²) in [6, 6.07) is 0.469. The van der Waals surface area contributed by atoms with Crippen molar-refractivity contribution in [2.45, 2.75) is 65.3 Å². The van der Waals surface area contributed by atoms with Gasteiger partial charge in [-0.1, -0.05) is 33.6 Å². The fourth-order valence-electron chi connectivity index (χ4n) is 2.57. The van der Waals surface area contributed by atoms with E-state index in [0.717, 1.165) is 12.8 Å². The highest BCUT2D eigenvalue weighted by molar-refractivity contribution is 7.91. The van der Waals surface area contributed by atoms with E-state index >= 15 is 0 Å². The number of sulfone groups is 1. The van der Waals surface area contributed by atoms with Gasteiger partial charge in [-0.3, -0.25) is 0 Å². The summed E-state index contributed by atoms with van der Waals surface area (Å²) < 4.78 is 22.9. The predicted octanol–water partition coefficient (Wildman–Crippen LogP) is 3.01. The first-order valence-corrected chi connectivity index (χ1v) is 9.20. The van der Waals surface area contributed by atoms with Crippen LogP contribution in [0.4, 0.5) is 0 Å². The van der Waals surface area contributed by atoms with Crippen LogP contribution >= 0.6 is 0 Å². The molecule has 0 amide bonds. The molecule has 0 saturated carbocycles. The zero-order chi connectivity index (χ0) is 14.0. The second-order valence-electron chi connectivity index (χ2n) is 5.11. The Balaban J connectivity index is 4.22. The van der Waals surface area contributed by atoms with Gasteiger partial charge in [-0.15, -0.1) is 0 Å². The van der Waals surface area contributed by atoms with Crippen molar-refractivity contribution in [1.82, 2.24) is 5.32 Å². The topological polar surface area (TPSA) is 46.2 Å². The molecular weight excluding hydrogens is 246 g/mol. The molecule has 0 aliphatic carbocycles. The summed E-state index contributed by atoms with van der Waals surface area (Å²) in [6.07, 6.45) is 6.64. The van der Waals surface area contributed by atoms with E-state index in [1.807, 2.05) is 7.05 Å². The molecule has 0 rings (SSSR count). The van der Waals surface area contributed by atoms with Gasteiger partial charge in [0.1, 0.15) is 9.84 Å². The molecule has 18 heavy (non-hydrogen) atoms. The molecule has 0 heterocycles. The van der Waals surface area contributed by atoms with Crippen molar-refractivity contribution >= 4 is 9.84 Å². The largest absolute Gasteiger partial charge is 0.317 e. The minimum absolute atomic E-state index is 0.268. The molecule has 0 aromatic rings. The molecule has 0 fully saturated rings. The fraction of sp³-hybridized carbons (Fsp3) is 1.00. The van der Waals surface area contributed by atoms with Gasteiger partial charge in [0.15, 0.2) is 0 Å². The lowest BCUT2D eigenvalue weighted by Crippen LogP contribution is -2.34. The maximum atomic E-state index is 11.5. The number of rotatable bonds is 11. The van der Waals surface area contributed by atoms with Gasteiger partial charge in [-0.25, -0.2) is 8.42 Å². The van der Waals surface area contributed by atoms with Crippen LogP contribution in [0.2, 0.25) is 0 Å². The Labute approximate surface area is 114 Å². The molecule has 1 unspecified atom stereocenters. The molecule has 0 aromatic heterocycles. The Hall–Kier alpha value is -0.0900. The van der Waals surface area contributed by atoms with E-state index in [0.29, 0.717) is 17.7 Å². The number of hydrogen-bond acceptors (Lipinski definition) is 3. The van der Waals surface area contributed by atoms with E-state index < -0.39 is 9.84 Å². The molecule has 1 atom stereocenters. The van der Waals surface area contributed by atoms with E-state index in [1.165, 1.54) is 25.7 Å². The van der Waals surface area contributed by atoms with Crippen molar-refractivity contribution in [3.63, 3.8) is 0 Å². The number of hydrogen-bond donors (Lipinski definition) is 1. The third-order valence-electron chi connectivity index (χ3n) is 3.67. The molecule has 0 saturated heterocycles. The van der Waals surface area contributed by atoms with Gasteiger partial charge in [-0.2, -0.15) is 0 Å². The van der Waals surface area contributed by atoms with Gasteiger partial charge < -0.3 is 5.32 Å². The highest BCUT2D eigenvalue weighted by Crippen LogP contribution is 2.21. The monoisotopic (exact) mass is 277 g/mol. The van der Waals surface area contributed by atoms with Crippen LogP contribution in [0.15, 0.2) is 0 Å². The van der Waals surface area contributed by atoms with Gasteiger partial charge in [0.25, 0.3) is 0 Å². The molecular formula is C14H31NO2S. The minimum Gasteiger partial charge on any atom is -0.317 e. The van der Waals surface area contributed by atoms with Crippen molar-refractivity contribution < 1.29 is 8.42 Å². The summed E-state index contributed by atoms with van der Waals surface area (Å²) in [5.41, 5.74) is 0. The fourth-order valence-corrected chi connectivity index (χ4v) is 3.47. The summed E-state index contributed by atoms with van der Waals surface area (Å²) >= 11 is 0. The van der Waals surface area contributed by atoms with E-state index in [2.05, 4.69) is 19.2 Å². The average molecular weight is 277 g/mol. The summed E-state index contributed by atoms with van der Waals surface area (Å²) in [5, 5.41) is 3.38. The first-order chi connectivity index (χ1) is 8.50. The van der Waals surface area contributed by atoms with Crippen LogP contribution in [0, 0.1) is 5.92 Å². The Bertz CT molecular complexity index is 282. The van der Waals surface area contributed by atoms with E-state index in [4.69, 9.17) is 0 Å². The first-order valence-electron chi connectivity index (χ1n) is 7.38. The molecule has 0 radical (unpaired) electrons. The van der Waals surface area contributed by atoms with Gasteiger partial charge in [0.2, 0.25) is 0 Å². The van der Waals surface area contributed by atoms with Crippen molar-refractivity contribution in [2.24, 2.45) is 5.92 Å². The third kappa shape index (κ3) is 7.37. The molecule has 3 nitrogen and oxygen atoms in total. The Morgan fingerprint density at radius 2 is 1.56 bits per heavy atom. The zero-order valence-electron chi connectivity index (χ0n) is 12.5. The van der Waals surface area contributed by atoms with Gasteiger partial charge in [0.05, 0.1) is 5.75 Å². The van der Waals surface area contributed by atoms with Gasteiger partial charge >= 0.3 is 0 Å². The van der Waals surface area contributed by atoms with E-state index in [-0.39, 0.29) is 5.75 Å². The highest BCUT2D eigenvalue weighted by atomic mass is 32.2. The lowest BCUT2D eigenvalue weighted by Gasteiger charge is -2.26. The highest BCUT2D eigenvalue weighted by Gasteiger charge is 2.19. The average Bonchev–Trinajstić information content (AvgIpc) is 2.34. The minimum atomic E-state index is -2.80. The number of nitrogens with one attached hydrogen (secondary N) is 1.